The predicted molar refractivity (Wildman–Crippen MR) is 118 cm³/mol. The minimum atomic E-state index is -0.164. The molecular formula is C22H16N6OS. The molecule has 0 aliphatic carbocycles. The first kappa shape index (κ1) is 18.0. The normalized spacial score (nSPS) is 10.9. The molecule has 0 radical (unpaired) electrons. The summed E-state index contributed by atoms with van der Waals surface area (Å²) in [6, 6.07) is 18.5. The zero-order valence-electron chi connectivity index (χ0n) is 15.7. The van der Waals surface area contributed by atoms with Crippen LogP contribution in [-0.2, 0) is 0 Å². The van der Waals surface area contributed by atoms with Gasteiger partial charge in [0.2, 0.25) is 5.95 Å². The Morgan fingerprint density at radius 2 is 1.90 bits per heavy atom. The summed E-state index contributed by atoms with van der Waals surface area (Å²) in [7, 11) is 0. The molecule has 3 N–H and O–H groups in total. The van der Waals surface area contributed by atoms with Crippen molar-refractivity contribution in [3.63, 3.8) is 0 Å². The zero-order chi connectivity index (χ0) is 20.5. The topological polar surface area (TPSA) is 98.2 Å². The van der Waals surface area contributed by atoms with Crippen molar-refractivity contribution >= 4 is 33.8 Å². The molecule has 0 aliphatic heterocycles. The number of benzene rings is 2. The van der Waals surface area contributed by atoms with Crippen molar-refractivity contribution < 1.29 is 4.79 Å². The second-order valence-electron chi connectivity index (χ2n) is 6.57. The lowest BCUT2D eigenvalue weighted by atomic mass is 10.1. The van der Waals surface area contributed by atoms with E-state index in [0.717, 1.165) is 21.9 Å². The molecule has 0 bridgehead atoms. The van der Waals surface area contributed by atoms with Gasteiger partial charge in [-0.15, -0.1) is 11.3 Å². The summed E-state index contributed by atoms with van der Waals surface area (Å²) in [5, 5.41) is 4.92. The van der Waals surface area contributed by atoms with E-state index in [4.69, 9.17) is 10.7 Å². The summed E-state index contributed by atoms with van der Waals surface area (Å²) in [4.78, 5) is 26.5. The number of imidazole rings is 1. The number of carbonyl (C=O) groups excluding carboxylic acids is 1. The second-order valence-corrected chi connectivity index (χ2v) is 7.44. The van der Waals surface area contributed by atoms with Gasteiger partial charge in [-0.2, -0.15) is 0 Å². The van der Waals surface area contributed by atoms with Gasteiger partial charge < -0.3 is 11.1 Å². The Morgan fingerprint density at radius 1 is 1.03 bits per heavy atom. The molecule has 0 atom stereocenters. The number of nitrogens with one attached hydrogen (secondary N) is 1. The molecule has 5 rings (SSSR count). The number of nitrogens with zero attached hydrogens (tertiary/aromatic N) is 4. The molecule has 0 fully saturated rings. The van der Waals surface area contributed by atoms with Gasteiger partial charge in [-0.05, 0) is 30.3 Å². The summed E-state index contributed by atoms with van der Waals surface area (Å²) in [5.41, 5.74) is 10.2. The lowest BCUT2D eigenvalue weighted by molar-refractivity contribution is 0.102. The minimum Gasteiger partial charge on any atom is -0.368 e. The van der Waals surface area contributed by atoms with Gasteiger partial charge in [-0.1, -0.05) is 30.3 Å². The fraction of sp³-hybridized carbons (Fsp3) is 0. The molecular weight excluding hydrogens is 396 g/mol. The number of amides is 1. The number of hydrogen-bond donors (Lipinski definition) is 2. The molecule has 0 saturated heterocycles. The standard InChI is InChI=1S/C22H16N6OS/c23-21-24-10-9-17(26-21)19-18(27-22-28(19)11-12-30-22)15-7-4-8-16(13-15)25-20(29)14-5-2-1-3-6-14/h1-13H,(H,25,29)(H2,23,24,26). The number of hydrogen-bond acceptors (Lipinski definition) is 6. The van der Waals surface area contributed by atoms with E-state index in [1.807, 2.05) is 64.5 Å². The lowest BCUT2D eigenvalue weighted by Gasteiger charge is -2.08. The summed E-state index contributed by atoms with van der Waals surface area (Å²) < 4.78 is 1.98. The van der Waals surface area contributed by atoms with Crippen molar-refractivity contribution in [2.24, 2.45) is 0 Å². The van der Waals surface area contributed by atoms with Crippen molar-refractivity contribution in [2.45, 2.75) is 0 Å². The SMILES string of the molecule is Nc1nccc(-c2c(-c3cccc(NC(=O)c4ccccc4)c3)nc3sccn23)n1. The Hall–Kier alpha value is -4.04. The first-order valence-corrected chi connectivity index (χ1v) is 10.1. The van der Waals surface area contributed by atoms with Crippen LogP contribution in [0.3, 0.4) is 0 Å². The largest absolute Gasteiger partial charge is 0.368 e. The third-order valence-electron chi connectivity index (χ3n) is 4.61. The number of anilines is 2. The first-order valence-electron chi connectivity index (χ1n) is 9.20. The maximum absolute atomic E-state index is 12.5. The van der Waals surface area contributed by atoms with Gasteiger partial charge in [-0.3, -0.25) is 9.20 Å². The number of carbonyl (C=O) groups is 1. The molecule has 8 heteroatoms. The van der Waals surface area contributed by atoms with E-state index in [0.29, 0.717) is 16.9 Å². The first-order chi connectivity index (χ1) is 14.7. The van der Waals surface area contributed by atoms with E-state index < -0.39 is 0 Å². The van der Waals surface area contributed by atoms with E-state index in [2.05, 4.69) is 15.3 Å². The van der Waals surface area contributed by atoms with Crippen LogP contribution in [0, 0.1) is 0 Å². The fourth-order valence-electron chi connectivity index (χ4n) is 3.27. The van der Waals surface area contributed by atoms with Gasteiger partial charge in [-0.25, -0.2) is 15.0 Å². The van der Waals surface area contributed by atoms with Crippen LogP contribution in [0.15, 0.2) is 78.4 Å². The Bertz CT molecular complexity index is 1360. The highest BCUT2D eigenvalue weighted by atomic mass is 32.1. The average molecular weight is 412 g/mol. The summed E-state index contributed by atoms with van der Waals surface area (Å²) >= 11 is 1.54. The lowest BCUT2D eigenvalue weighted by Crippen LogP contribution is -2.11. The molecule has 0 saturated carbocycles. The molecule has 30 heavy (non-hydrogen) atoms. The molecule has 3 aromatic heterocycles. The smallest absolute Gasteiger partial charge is 0.255 e. The van der Waals surface area contributed by atoms with Crippen molar-refractivity contribution in [1.29, 1.82) is 0 Å². The molecule has 3 heterocycles. The number of nitrogen functional groups attached to an aromatic ring is 1. The van der Waals surface area contributed by atoms with Crippen LogP contribution in [0.5, 0.6) is 0 Å². The Balaban J connectivity index is 1.57. The molecule has 5 aromatic rings. The van der Waals surface area contributed by atoms with Gasteiger partial charge in [0.15, 0.2) is 4.96 Å². The Morgan fingerprint density at radius 3 is 2.73 bits per heavy atom. The highest BCUT2D eigenvalue weighted by Crippen LogP contribution is 2.34. The summed E-state index contributed by atoms with van der Waals surface area (Å²) in [5.74, 6) is 0.0369. The number of nitrogens with two attached hydrogens (primary N) is 1. The van der Waals surface area contributed by atoms with Crippen LogP contribution >= 0.6 is 11.3 Å². The molecule has 2 aromatic carbocycles. The van der Waals surface area contributed by atoms with Crippen molar-refractivity contribution in [3.8, 4) is 22.6 Å². The Labute approximate surface area is 175 Å². The van der Waals surface area contributed by atoms with Crippen molar-refractivity contribution in [1.82, 2.24) is 19.4 Å². The zero-order valence-corrected chi connectivity index (χ0v) is 16.5. The van der Waals surface area contributed by atoms with Crippen LogP contribution in [0.2, 0.25) is 0 Å². The van der Waals surface area contributed by atoms with Crippen LogP contribution in [0.25, 0.3) is 27.6 Å². The van der Waals surface area contributed by atoms with Crippen LogP contribution in [-0.4, -0.2) is 25.3 Å². The molecule has 0 spiro atoms. The fourth-order valence-corrected chi connectivity index (χ4v) is 3.99. The third-order valence-corrected chi connectivity index (χ3v) is 5.37. The van der Waals surface area contributed by atoms with E-state index in [-0.39, 0.29) is 11.9 Å². The monoisotopic (exact) mass is 412 g/mol. The number of rotatable bonds is 4. The van der Waals surface area contributed by atoms with Crippen molar-refractivity contribution in [2.75, 3.05) is 11.1 Å². The summed E-state index contributed by atoms with van der Waals surface area (Å²) in [6.07, 6.45) is 3.58. The molecule has 0 aliphatic rings. The van der Waals surface area contributed by atoms with Crippen LogP contribution < -0.4 is 11.1 Å². The molecule has 7 nitrogen and oxygen atoms in total. The van der Waals surface area contributed by atoms with E-state index in [9.17, 15) is 4.79 Å². The molecule has 1 amide bonds. The van der Waals surface area contributed by atoms with E-state index in [1.165, 1.54) is 11.3 Å². The number of thiazole rings is 1. The number of fused-ring (bicyclic) bond motifs is 1. The summed E-state index contributed by atoms with van der Waals surface area (Å²) in [6.45, 7) is 0. The van der Waals surface area contributed by atoms with Gasteiger partial charge in [0.05, 0.1) is 11.4 Å². The second kappa shape index (κ2) is 7.41. The number of aromatic nitrogens is 4. The maximum Gasteiger partial charge on any atom is 0.255 e. The molecule has 0 unspecified atom stereocenters. The third kappa shape index (κ3) is 3.29. The van der Waals surface area contributed by atoms with Gasteiger partial charge in [0.1, 0.15) is 5.69 Å². The van der Waals surface area contributed by atoms with Gasteiger partial charge in [0, 0.05) is 34.6 Å². The van der Waals surface area contributed by atoms with Crippen LogP contribution in [0.4, 0.5) is 11.6 Å². The average Bonchev–Trinajstić information content (AvgIpc) is 3.36. The minimum absolute atomic E-state index is 0.164. The van der Waals surface area contributed by atoms with Crippen molar-refractivity contribution in [3.05, 3.63) is 84.0 Å². The maximum atomic E-state index is 12.5. The highest BCUT2D eigenvalue weighted by molar-refractivity contribution is 7.15. The highest BCUT2D eigenvalue weighted by Gasteiger charge is 2.18. The van der Waals surface area contributed by atoms with Crippen LogP contribution in [0.1, 0.15) is 10.4 Å². The Kier molecular flexibility index (Phi) is 4.45. The van der Waals surface area contributed by atoms with E-state index >= 15 is 0 Å². The predicted octanol–water partition coefficient (Wildman–Crippen LogP) is 4.35. The van der Waals surface area contributed by atoms with Gasteiger partial charge in [0.25, 0.3) is 5.91 Å². The quantitative estimate of drug-likeness (QED) is 0.457. The van der Waals surface area contributed by atoms with Gasteiger partial charge >= 0.3 is 0 Å². The molecule has 146 valence electrons. The van der Waals surface area contributed by atoms with E-state index in [1.54, 1.807) is 18.3 Å².